The maximum Gasteiger partial charge on any atom is 0.0548 e. The highest BCUT2D eigenvalue weighted by Crippen LogP contribution is 2.48. The SMILES string of the molecule is CCC1=CC(C(c2ccccc2)(c2ccccc2)c2ccccc2)C=C1. The van der Waals surface area contributed by atoms with Crippen LogP contribution in [0, 0.1) is 5.92 Å². The lowest BCUT2D eigenvalue weighted by Gasteiger charge is -2.40. The van der Waals surface area contributed by atoms with Crippen LogP contribution in [-0.2, 0) is 5.41 Å². The molecule has 1 aliphatic rings. The molecule has 0 aliphatic heterocycles. The highest BCUT2D eigenvalue weighted by Gasteiger charge is 2.42. The summed E-state index contributed by atoms with van der Waals surface area (Å²) in [5.74, 6) is 0.296. The molecule has 4 rings (SSSR count). The van der Waals surface area contributed by atoms with Gasteiger partial charge in [0, 0.05) is 5.92 Å². The van der Waals surface area contributed by atoms with Gasteiger partial charge in [0.05, 0.1) is 5.41 Å². The summed E-state index contributed by atoms with van der Waals surface area (Å²) in [6.45, 7) is 2.23. The number of benzene rings is 3. The minimum absolute atomic E-state index is 0.225. The first-order valence-corrected chi connectivity index (χ1v) is 9.41. The van der Waals surface area contributed by atoms with Gasteiger partial charge in [0.15, 0.2) is 0 Å². The maximum atomic E-state index is 2.45. The highest BCUT2D eigenvalue weighted by molar-refractivity contribution is 5.55. The third-order valence-corrected chi connectivity index (χ3v) is 5.51. The third kappa shape index (κ3) is 2.72. The van der Waals surface area contributed by atoms with E-state index in [1.165, 1.54) is 22.3 Å². The van der Waals surface area contributed by atoms with Gasteiger partial charge in [-0.25, -0.2) is 0 Å². The molecule has 3 aromatic carbocycles. The molecule has 1 unspecified atom stereocenters. The van der Waals surface area contributed by atoms with Gasteiger partial charge in [-0.05, 0) is 23.1 Å². The molecule has 1 aliphatic carbocycles. The van der Waals surface area contributed by atoms with E-state index in [1.807, 2.05) is 0 Å². The van der Waals surface area contributed by atoms with E-state index >= 15 is 0 Å². The predicted octanol–water partition coefficient (Wildman–Crippen LogP) is 6.54. The van der Waals surface area contributed by atoms with E-state index in [2.05, 4.69) is 116 Å². The molecule has 0 amide bonds. The van der Waals surface area contributed by atoms with Crippen molar-refractivity contribution in [1.29, 1.82) is 0 Å². The lowest BCUT2D eigenvalue weighted by Crippen LogP contribution is -2.35. The summed E-state index contributed by atoms with van der Waals surface area (Å²) in [4.78, 5) is 0. The Balaban J connectivity index is 2.05. The first kappa shape index (κ1) is 16.6. The highest BCUT2D eigenvalue weighted by atomic mass is 14.4. The van der Waals surface area contributed by atoms with Gasteiger partial charge < -0.3 is 0 Å². The summed E-state index contributed by atoms with van der Waals surface area (Å²) in [5, 5.41) is 0. The van der Waals surface area contributed by atoms with E-state index in [9.17, 15) is 0 Å². The Labute approximate surface area is 156 Å². The molecule has 0 aromatic heterocycles. The number of hydrogen-bond donors (Lipinski definition) is 0. The topological polar surface area (TPSA) is 0 Å². The fraction of sp³-hybridized carbons (Fsp3) is 0.154. The smallest absolute Gasteiger partial charge is 0.0548 e. The second-order valence-electron chi connectivity index (χ2n) is 6.89. The number of allylic oxidation sites excluding steroid dienone is 4. The van der Waals surface area contributed by atoms with Crippen molar-refractivity contribution in [1.82, 2.24) is 0 Å². The molecular formula is C26H24. The Morgan fingerprint density at radius 1 is 0.654 bits per heavy atom. The van der Waals surface area contributed by atoms with Gasteiger partial charge in [-0.2, -0.15) is 0 Å². The lowest BCUT2D eigenvalue weighted by molar-refractivity contribution is 0.527. The second kappa shape index (κ2) is 7.17. The zero-order chi connectivity index (χ0) is 17.8. The minimum Gasteiger partial charge on any atom is -0.0758 e. The molecule has 0 saturated heterocycles. The summed E-state index contributed by atoms with van der Waals surface area (Å²) in [6.07, 6.45) is 8.20. The molecule has 0 radical (unpaired) electrons. The Hall–Kier alpha value is -2.86. The maximum absolute atomic E-state index is 2.45. The Morgan fingerprint density at radius 2 is 1.08 bits per heavy atom. The van der Waals surface area contributed by atoms with Gasteiger partial charge in [0.25, 0.3) is 0 Å². The molecule has 3 aromatic rings. The van der Waals surface area contributed by atoms with E-state index in [1.54, 1.807) is 0 Å². The molecule has 0 fully saturated rings. The summed E-state index contributed by atoms with van der Waals surface area (Å²) in [6, 6.07) is 32.8. The summed E-state index contributed by atoms with van der Waals surface area (Å²) >= 11 is 0. The van der Waals surface area contributed by atoms with Crippen LogP contribution in [0.15, 0.2) is 115 Å². The third-order valence-electron chi connectivity index (χ3n) is 5.51. The zero-order valence-electron chi connectivity index (χ0n) is 15.2. The van der Waals surface area contributed by atoms with Crippen molar-refractivity contribution in [3.05, 3.63) is 131 Å². The van der Waals surface area contributed by atoms with Crippen molar-refractivity contribution in [2.24, 2.45) is 5.92 Å². The monoisotopic (exact) mass is 336 g/mol. The molecule has 0 nitrogen and oxygen atoms in total. The van der Waals surface area contributed by atoms with Gasteiger partial charge in [-0.15, -0.1) is 0 Å². The summed E-state index contributed by atoms with van der Waals surface area (Å²) in [5.41, 5.74) is 5.20. The molecule has 26 heavy (non-hydrogen) atoms. The number of hydrogen-bond acceptors (Lipinski definition) is 0. The lowest BCUT2D eigenvalue weighted by atomic mass is 9.62. The van der Waals surface area contributed by atoms with Crippen molar-refractivity contribution in [2.45, 2.75) is 18.8 Å². The van der Waals surface area contributed by atoms with Crippen LogP contribution in [-0.4, -0.2) is 0 Å². The van der Waals surface area contributed by atoms with Gasteiger partial charge in [-0.3, -0.25) is 0 Å². The van der Waals surface area contributed by atoms with Gasteiger partial charge >= 0.3 is 0 Å². The van der Waals surface area contributed by atoms with Crippen molar-refractivity contribution in [2.75, 3.05) is 0 Å². The van der Waals surface area contributed by atoms with E-state index in [4.69, 9.17) is 0 Å². The fourth-order valence-electron chi connectivity index (χ4n) is 4.25. The molecule has 0 bridgehead atoms. The molecule has 1 atom stereocenters. The molecule has 128 valence electrons. The van der Waals surface area contributed by atoms with Crippen LogP contribution in [0.5, 0.6) is 0 Å². The molecular weight excluding hydrogens is 312 g/mol. The fourth-order valence-corrected chi connectivity index (χ4v) is 4.25. The standard InChI is InChI=1S/C26H24/c1-2-21-18-19-25(20-21)26(22-12-6-3-7-13-22,23-14-8-4-9-15-23)24-16-10-5-11-17-24/h3-20,25H,2H2,1H3. The normalized spacial score (nSPS) is 16.5. The first-order valence-electron chi connectivity index (χ1n) is 9.41. The van der Waals surface area contributed by atoms with Crippen LogP contribution in [0.25, 0.3) is 0 Å². The zero-order valence-corrected chi connectivity index (χ0v) is 15.2. The van der Waals surface area contributed by atoms with Crippen molar-refractivity contribution < 1.29 is 0 Å². The van der Waals surface area contributed by atoms with Crippen LogP contribution in [0.1, 0.15) is 30.0 Å². The Morgan fingerprint density at radius 3 is 1.42 bits per heavy atom. The minimum atomic E-state index is -0.225. The van der Waals surface area contributed by atoms with Crippen LogP contribution in [0.2, 0.25) is 0 Å². The van der Waals surface area contributed by atoms with Crippen LogP contribution >= 0.6 is 0 Å². The van der Waals surface area contributed by atoms with Crippen LogP contribution in [0.3, 0.4) is 0 Å². The average Bonchev–Trinajstić information content (AvgIpc) is 3.21. The summed E-state index contributed by atoms with van der Waals surface area (Å²) < 4.78 is 0. The molecule has 0 heterocycles. The largest absolute Gasteiger partial charge is 0.0758 e. The van der Waals surface area contributed by atoms with E-state index in [0.717, 1.165) is 6.42 Å². The number of rotatable bonds is 5. The van der Waals surface area contributed by atoms with E-state index < -0.39 is 0 Å². The molecule has 0 spiro atoms. The van der Waals surface area contributed by atoms with Crippen LogP contribution in [0.4, 0.5) is 0 Å². The first-order chi connectivity index (χ1) is 12.9. The van der Waals surface area contributed by atoms with E-state index in [0.29, 0.717) is 5.92 Å². The average molecular weight is 336 g/mol. The van der Waals surface area contributed by atoms with Crippen LogP contribution < -0.4 is 0 Å². The summed E-state index contributed by atoms with van der Waals surface area (Å²) in [7, 11) is 0. The predicted molar refractivity (Wildman–Crippen MR) is 110 cm³/mol. The molecule has 0 N–H and O–H groups in total. The van der Waals surface area contributed by atoms with Crippen molar-refractivity contribution in [3.8, 4) is 0 Å². The quantitative estimate of drug-likeness (QED) is 0.464. The van der Waals surface area contributed by atoms with E-state index in [-0.39, 0.29) is 5.41 Å². The second-order valence-corrected chi connectivity index (χ2v) is 6.89. The van der Waals surface area contributed by atoms with Crippen molar-refractivity contribution in [3.63, 3.8) is 0 Å². The van der Waals surface area contributed by atoms with Gasteiger partial charge in [-0.1, -0.05) is 122 Å². The molecule has 0 saturated carbocycles. The van der Waals surface area contributed by atoms with Gasteiger partial charge in [0.2, 0.25) is 0 Å². The Kier molecular flexibility index (Phi) is 4.58. The Bertz CT molecular complexity index is 805. The van der Waals surface area contributed by atoms with Gasteiger partial charge in [0.1, 0.15) is 0 Å². The molecule has 0 heteroatoms. The van der Waals surface area contributed by atoms with Crippen molar-refractivity contribution >= 4 is 0 Å².